The number of piperazine rings is 1. The molecule has 1 heterocycles. The second-order valence-electron chi connectivity index (χ2n) is 6.42. The highest BCUT2D eigenvalue weighted by atomic mass is 32.2. The molecule has 1 N–H and O–H groups in total. The van der Waals surface area contributed by atoms with Crippen LogP contribution in [0.15, 0.2) is 30.3 Å². The summed E-state index contributed by atoms with van der Waals surface area (Å²) in [4.78, 5) is 2.82. The van der Waals surface area contributed by atoms with Crippen LogP contribution in [0.5, 0.6) is 0 Å². The molecule has 1 spiro atoms. The average molecular weight is 305 g/mol. The lowest BCUT2D eigenvalue weighted by Crippen LogP contribution is -2.61. The standard InChI is InChI=1S/C18H28N2S/c1-2-21-13-12-20-14-17(16-8-4-3-5-9-16)19-15-18(20)10-6-7-11-18/h3-5,8-9,17,19H,2,6-7,10-15H2,1H3. The minimum atomic E-state index is 0.458. The van der Waals surface area contributed by atoms with Crippen molar-refractivity contribution in [3.63, 3.8) is 0 Å². The Morgan fingerprint density at radius 1 is 1.24 bits per heavy atom. The van der Waals surface area contributed by atoms with Gasteiger partial charge < -0.3 is 5.32 Å². The van der Waals surface area contributed by atoms with Gasteiger partial charge in [-0.2, -0.15) is 11.8 Å². The molecule has 3 rings (SSSR count). The number of hydrogen-bond acceptors (Lipinski definition) is 3. The Hall–Kier alpha value is -0.510. The van der Waals surface area contributed by atoms with E-state index in [2.05, 4.69) is 59.2 Å². The molecular formula is C18H28N2S. The predicted molar refractivity (Wildman–Crippen MR) is 93.0 cm³/mol. The molecule has 1 saturated heterocycles. The van der Waals surface area contributed by atoms with Crippen molar-refractivity contribution in [2.45, 2.75) is 44.2 Å². The second kappa shape index (κ2) is 7.17. The highest BCUT2D eigenvalue weighted by molar-refractivity contribution is 7.99. The molecule has 2 fully saturated rings. The molecule has 116 valence electrons. The van der Waals surface area contributed by atoms with Gasteiger partial charge in [0.25, 0.3) is 0 Å². The first-order valence-electron chi connectivity index (χ1n) is 8.45. The fourth-order valence-corrected chi connectivity index (χ4v) is 4.62. The number of nitrogens with zero attached hydrogens (tertiary/aromatic N) is 1. The van der Waals surface area contributed by atoms with Gasteiger partial charge in [0.05, 0.1) is 0 Å². The third kappa shape index (κ3) is 3.46. The smallest absolute Gasteiger partial charge is 0.0450 e. The fourth-order valence-electron chi connectivity index (χ4n) is 3.99. The van der Waals surface area contributed by atoms with E-state index in [9.17, 15) is 0 Å². The van der Waals surface area contributed by atoms with E-state index in [1.165, 1.54) is 62.4 Å². The zero-order valence-corrected chi connectivity index (χ0v) is 14.0. The first-order chi connectivity index (χ1) is 10.3. The molecule has 2 aliphatic rings. The van der Waals surface area contributed by atoms with E-state index >= 15 is 0 Å². The number of thioether (sulfide) groups is 1. The molecule has 0 amide bonds. The van der Waals surface area contributed by atoms with Crippen molar-refractivity contribution >= 4 is 11.8 Å². The Morgan fingerprint density at radius 3 is 2.71 bits per heavy atom. The SMILES string of the molecule is CCSCCN1CC(c2ccccc2)NCC12CCCC2. The Bertz CT molecular complexity index is 428. The summed E-state index contributed by atoms with van der Waals surface area (Å²) < 4.78 is 0. The largest absolute Gasteiger partial charge is 0.307 e. The topological polar surface area (TPSA) is 15.3 Å². The second-order valence-corrected chi connectivity index (χ2v) is 7.81. The first-order valence-corrected chi connectivity index (χ1v) is 9.61. The summed E-state index contributed by atoms with van der Waals surface area (Å²) in [6.07, 6.45) is 5.60. The predicted octanol–water partition coefficient (Wildman–Crippen LogP) is 3.70. The van der Waals surface area contributed by atoms with E-state index in [0.717, 1.165) is 0 Å². The van der Waals surface area contributed by atoms with Crippen LogP contribution in [0.3, 0.4) is 0 Å². The summed E-state index contributed by atoms with van der Waals surface area (Å²) in [5.74, 6) is 2.51. The average Bonchev–Trinajstić information content (AvgIpc) is 3.00. The molecule has 0 bridgehead atoms. The highest BCUT2D eigenvalue weighted by Crippen LogP contribution is 2.38. The Kier molecular flexibility index (Phi) is 5.25. The molecule has 21 heavy (non-hydrogen) atoms. The third-order valence-corrected chi connectivity index (χ3v) is 6.08. The van der Waals surface area contributed by atoms with Crippen molar-refractivity contribution in [1.82, 2.24) is 10.2 Å². The van der Waals surface area contributed by atoms with Crippen LogP contribution in [-0.2, 0) is 0 Å². The van der Waals surface area contributed by atoms with Gasteiger partial charge in [0.1, 0.15) is 0 Å². The molecule has 1 unspecified atom stereocenters. The van der Waals surface area contributed by atoms with E-state index in [-0.39, 0.29) is 0 Å². The zero-order chi connectivity index (χ0) is 14.5. The Balaban J connectivity index is 1.70. The minimum absolute atomic E-state index is 0.458. The normalized spacial score (nSPS) is 25.5. The minimum Gasteiger partial charge on any atom is -0.307 e. The summed E-state index contributed by atoms with van der Waals surface area (Å²) in [6.45, 7) is 5.86. The third-order valence-electron chi connectivity index (χ3n) is 5.20. The lowest BCUT2D eigenvalue weighted by molar-refractivity contribution is 0.0489. The van der Waals surface area contributed by atoms with Gasteiger partial charge in [0, 0.05) is 37.0 Å². The number of rotatable bonds is 5. The lowest BCUT2D eigenvalue weighted by atomic mass is 9.89. The van der Waals surface area contributed by atoms with E-state index < -0.39 is 0 Å². The first kappa shape index (κ1) is 15.4. The molecule has 3 heteroatoms. The molecule has 2 nitrogen and oxygen atoms in total. The van der Waals surface area contributed by atoms with Gasteiger partial charge in [-0.25, -0.2) is 0 Å². The zero-order valence-electron chi connectivity index (χ0n) is 13.2. The molecular weight excluding hydrogens is 276 g/mol. The van der Waals surface area contributed by atoms with E-state index in [0.29, 0.717) is 11.6 Å². The monoisotopic (exact) mass is 304 g/mol. The summed E-state index contributed by atoms with van der Waals surface area (Å²) in [5.41, 5.74) is 1.90. The molecule has 1 atom stereocenters. The Labute approximate surface area is 133 Å². The van der Waals surface area contributed by atoms with E-state index in [1.54, 1.807) is 0 Å². The lowest BCUT2D eigenvalue weighted by Gasteiger charge is -2.48. The fraction of sp³-hybridized carbons (Fsp3) is 0.667. The molecule has 1 saturated carbocycles. The van der Waals surface area contributed by atoms with Gasteiger partial charge in [-0.15, -0.1) is 0 Å². The summed E-state index contributed by atoms with van der Waals surface area (Å²) in [6, 6.07) is 11.5. The van der Waals surface area contributed by atoms with Crippen molar-refractivity contribution in [3.8, 4) is 0 Å². The van der Waals surface area contributed by atoms with Crippen molar-refractivity contribution < 1.29 is 0 Å². The van der Waals surface area contributed by atoms with Crippen LogP contribution < -0.4 is 5.32 Å². The van der Waals surface area contributed by atoms with Crippen LogP contribution in [0.1, 0.15) is 44.2 Å². The van der Waals surface area contributed by atoms with Gasteiger partial charge in [0.15, 0.2) is 0 Å². The summed E-state index contributed by atoms with van der Waals surface area (Å²) >= 11 is 2.08. The molecule has 1 aliphatic heterocycles. The van der Waals surface area contributed by atoms with Crippen molar-refractivity contribution in [2.75, 3.05) is 31.1 Å². The van der Waals surface area contributed by atoms with Crippen LogP contribution in [0, 0.1) is 0 Å². The van der Waals surface area contributed by atoms with Crippen LogP contribution in [0.25, 0.3) is 0 Å². The van der Waals surface area contributed by atoms with Gasteiger partial charge >= 0.3 is 0 Å². The highest BCUT2D eigenvalue weighted by Gasteiger charge is 2.43. The van der Waals surface area contributed by atoms with E-state index in [1.807, 2.05) is 0 Å². The van der Waals surface area contributed by atoms with E-state index in [4.69, 9.17) is 0 Å². The number of hydrogen-bond donors (Lipinski definition) is 1. The van der Waals surface area contributed by atoms with Crippen LogP contribution in [-0.4, -0.2) is 41.6 Å². The maximum atomic E-state index is 3.84. The molecule has 0 radical (unpaired) electrons. The van der Waals surface area contributed by atoms with Crippen LogP contribution in [0.2, 0.25) is 0 Å². The van der Waals surface area contributed by atoms with Crippen LogP contribution in [0.4, 0.5) is 0 Å². The summed E-state index contributed by atoms with van der Waals surface area (Å²) in [5, 5.41) is 3.84. The molecule has 0 aromatic heterocycles. The van der Waals surface area contributed by atoms with Crippen molar-refractivity contribution in [1.29, 1.82) is 0 Å². The quantitative estimate of drug-likeness (QED) is 0.835. The van der Waals surface area contributed by atoms with Crippen molar-refractivity contribution in [2.24, 2.45) is 0 Å². The molecule has 1 aliphatic carbocycles. The molecule has 1 aromatic carbocycles. The number of benzene rings is 1. The van der Waals surface area contributed by atoms with Gasteiger partial charge in [-0.3, -0.25) is 4.90 Å². The number of nitrogens with one attached hydrogen (secondary N) is 1. The van der Waals surface area contributed by atoms with Gasteiger partial charge in [0.2, 0.25) is 0 Å². The maximum Gasteiger partial charge on any atom is 0.0450 e. The van der Waals surface area contributed by atoms with Crippen LogP contribution >= 0.6 is 11.8 Å². The Morgan fingerprint density at radius 2 is 2.00 bits per heavy atom. The molecule has 1 aromatic rings. The maximum absolute atomic E-state index is 3.84. The van der Waals surface area contributed by atoms with Gasteiger partial charge in [-0.05, 0) is 24.2 Å². The van der Waals surface area contributed by atoms with Crippen molar-refractivity contribution in [3.05, 3.63) is 35.9 Å². The van der Waals surface area contributed by atoms with Gasteiger partial charge in [-0.1, -0.05) is 50.1 Å². The summed E-state index contributed by atoms with van der Waals surface area (Å²) in [7, 11) is 0.